The van der Waals surface area contributed by atoms with Gasteiger partial charge in [-0.3, -0.25) is 4.90 Å². The van der Waals surface area contributed by atoms with E-state index in [0.717, 1.165) is 12.1 Å². The third kappa shape index (κ3) is 2.37. The van der Waals surface area contributed by atoms with Crippen molar-refractivity contribution in [3.05, 3.63) is 28.5 Å². The normalized spacial score (nSPS) is 22.3. The molecule has 1 unspecified atom stereocenters. The zero-order chi connectivity index (χ0) is 11.5. The Balaban J connectivity index is 2.25. The largest absolute Gasteiger partial charge is 0.326 e. The first-order valence-electron chi connectivity index (χ1n) is 5.77. The first kappa shape index (κ1) is 11.8. The number of pyridine rings is 1. The van der Waals surface area contributed by atoms with Gasteiger partial charge in [-0.1, -0.05) is 18.0 Å². The molecule has 0 bridgehead atoms. The minimum absolute atomic E-state index is 0.454. The third-order valence-corrected chi connectivity index (χ3v) is 3.65. The van der Waals surface area contributed by atoms with E-state index in [1.807, 2.05) is 6.20 Å². The van der Waals surface area contributed by atoms with E-state index in [0.29, 0.717) is 17.7 Å². The molecule has 0 saturated carbocycles. The number of aromatic nitrogens is 1. The van der Waals surface area contributed by atoms with Crippen LogP contribution in [0.25, 0.3) is 0 Å². The first-order chi connectivity index (χ1) is 7.72. The molecule has 1 aromatic rings. The molecule has 0 aromatic carbocycles. The van der Waals surface area contributed by atoms with Crippen LogP contribution in [0.1, 0.15) is 36.4 Å². The Morgan fingerprint density at radius 3 is 3.06 bits per heavy atom. The summed E-state index contributed by atoms with van der Waals surface area (Å²) in [6.45, 7) is 1.61. The van der Waals surface area contributed by atoms with Gasteiger partial charge in [0.1, 0.15) is 5.15 Å². The maximum atomic E-state index is 5.97. The highest BCUT2D eigenvalue weighted by molar-refractivity contribution is 6.30. The summed E-state index contributed by atoms with van der Waals surface area (Å²) in [4.78, 5) is 6.60. The standard InChI is InChI=1S/C12H18ClN3/c1-16-5-3-2-4-11(16)10-6-9(7-14)12(13)15-8-10/h6,8,11H,2-5,7,14H2,1H3. The smallest absolute Gasteiger partial charge is 0.133 e. The van der Waals surface area contributed by atoms with Gasteiger partial charge in [-0.15, -0.1) is 0 Å². The summed E-state index contributed by atoms with van der Waals surface area (Å²) in [6, 6.07) is 2.57. The number of nitrogens with zero attached hydrogens (tertiary/aromatic N) is 2. The van der Waals surface area contributed by atoms with Crippen molar-refractivity contribution in [1.29, 1.82) is 0 Å². The minimum atomic E-state index is 0.454. The zero-order valence-electron chi connectivity index (χ0n) is 9.62. The number of rotatable bonds is 2. The van der Waals surface area contributed by atoms with Gasteiger partial charge in [0.15, 0.2) is 0 Å². The highest BCUT2D eigenvalue weighted by Gasteiger charge is 2.21. The Morgan fingerprint density at radius 2 is 2.38 bits per heavy atom. The van der Waals surface area contributed by atoms with Gasteiger partial charge in [0.05, 0.1) is 0 Å². The fraction of sp³-hybridized carbons (Fsp3) is 0.583. The summed E-state index contributed by atoms with van der Waals surface area (Å²) >= 11 is 5.97. The number of likely N-dealkylation sites (tertiary alicyclic amines) is 1. The lowest BCUT2D eigenvalue weighted by Gasteiger charge is -2.32. The van der Waals surface area contributed by atoms with Gasteiger partial charge in [0.25, 0.3) is 0 Å². The lowest BCUT2D eigenvalue weighted by atomic mass is 9.96. The molecule has 0 radical (unpaired) electrons. The molecular formula is C12H18ClN3. The van der Waals surface area contributed by atoms with Crippen molar-refractivity contribution in [2.75, 3.05) is 13.6 Å². The fourth-order valence-corrected chi connectivity index (χ4v) is 2.51. The topological polar surface area (TPSA) is 42.2 Å². The molecule has 1 aromatic heterocycles. The van der Waals surface area contributed by atoms with Crippen molar-refractivity contribution in [2.45, 2.75) is 31.8 Å². The molecule has 1 atom stereocenters. The van der Waals surface area contributed by atoms with Crippen LogP contribution in [0, 0.1) is 0 Å². The monoisotopic (exact) mass is 239 g/mol. The van der Waals surface area contributed by atoms with E-state index in [4.69, 9.17) is 17.3 Å². The lowest BCUT2D eigenvalue weighted by molar-refractivity contribution is 0.187. The van der Waals surface area contributed by atoms with Crippen LogP contribution in [0.4, 0.5) is 0 Å². The van der Waals surface area contributed by atoms with Crippen LogP contribution >= 0.6 is 11.6 Å². The number of piperidine rings is 1. The summed E-state index contributed by atoms with van der Waals surface area (Å²) in [5.41, 5.74) is 7.83. The van der Waals surface area contributed by atoms with Crippen molar-refractivity contribution in [3.8, 4) is 0 Å². The third-order valence-electron chi connectivity index (χ3n) is 3.31. The molecule has 1 saturated heterocycles. The second kappa shape index (κ2) is 5.13. The van der Waals surface area contributed by atoms with Crippen LogP contribution in [0.3, 0.4) is 0 Å². The van der Waals surface area contributed by atoms with Gasteiger partial charge >= 0.3 is 0 Å². The minimum Gasteiger partial charge on any atom is -0.326 e. The van der Waals surface area contributed by atoms with Crippen LogP contribution in [0.15, 0.2) is 12.3 Å². The number of hydrogen-bond donors (Lipinski definition) is 1. The molecule has 0 aliphatic carbocycles. The van der Waals surface area contributed by atoms with Crippen LogP contribution in [-0.4, -0.2) is 23.5 Å². The molecule has 0 spiro atoms. The fourth-order valence-electron chi connectivity index (χ4n) is 2.33. The summed E-state index contributed by atoms with van der Waals surface area (Å²) in [5, 5.41) is 0.532. The van der Waals surface area contributed by atoms with E-state index in [2.05, 4.69) is 23.0 Å². The predicted molar refractivity (Wildman–Crippen MR) is 66.4 cm³/mol. The van der Waals surface area contributed by atoms with Gasteiger partial charge in [-0.05, 0) is 38.1 Å². The average Bonchev–Trinajstić information content (AvgIpc) is 2.31. The van der Waals surface area contributed by atoms with Gasteiger partial charge in [0, 0.05) is 24.3 Å². The number of halogens is 1. The number of hydrogen-bond acceptors (Lipinski definition) is 3. The molecule has 0 amide bonds. The van der Waals surface area contributed by atoms with Crippen LogP contribution in [0.5, 0.6) is 0 Å². The van der Waals surface area contributed by atoms with E-state index >= 15 is 0 Å². The van der Waals surface area contributed by atoms with E-state index < -0.39 is 0 Å². The van der Waals surface area contributed by atoms with E-state index in [1.165, 1.54) is 24.8 Å². The van der Waals surface area contributed by atoms with E-state index in [9.17, 15) is 0 Å². The van der Waals surface area contributed by atoms with E-state index in [-0.39, 0.29) is 0 Å². The SMILES string of the molecule is CN1CCCCC1c1cnc(Cl)c(CN)c1. The summed E-state index contributed by atoms with van der Waals surface area (Å²) in [7, 11) is 2.17. The highest BCUT2D eigenvalue weighted by atomic mass is 35.5. The van der Waals surface area contributed by atoms with Gasteiger partial charge in [-0.2, -0.15) is 0 Å². The van der Waals surface area contributed by atoms with Gasteiger partial charge in [0.2, 0.25) is 0 Å². The Labute approximate surface area is 102 Å². The van der Waals surface area contributed by atoms with Crippen LogP contribution < -0.4 is 5.73 Å². The summed E-state index contributed by atoms with van der Waals surface area (Å²) < 4.78 is 0. The Morgan fingerprint density at radius 1 is 1.56 bits per heavy atom. The summed E-state index contributed by atoms with van der Waals surface area (Å²) in [5.74, 6) is 0. The molecule has 1 aliphatic rings. The Kier molecular flexibility index (Phi) is 3.79. The van der Waals surface area contributed by atoms with Crippen molar-refractivity contribution in [2.24, 2.45) is 5.73 Å². The Hall–Kier alpha value is -0.640. The highest BCUT2D eigenvalue weighted by Crippen LogP contribution is 2.30. The Bertz CT molecular complexity index is 367. The molecule has 16 heavy (non-hydrogen) atoms. The molecular weight excluding hydrogens is 222 g/mol. The molecule has 1 fully saturated rings. The zero-order valence-corrected chi connectivity index (χ0v) is 10.4. The van der Waals surface area contributed by atoms with Crippen LogP contribution in [-0.2, 0) is 6.54 Å². The van der Waals surface area contributed by atoms with E-state index in [1.54, 1.807) is 0 Å². The van der Waals surface area contributed by atoms with Crippen molar-refractivity contribution >= 4 is 11.6 Å². The molecule has 4 heteroatoms. The molecule has 88 valence electrons. The number of nitrogens with two attached hydrogens (primary N) is 1. The maximum Gasteiger partial charge on any atom is 0.133 e. The van der Waals surface area contributed by atoms with Crippen molar-refractivity contribution in [3.63, 3.8) is 0 Å². The maximum absolute atomic E-state index is 5.97. The molecule has 3 nitrogen and oxygen atoms in total. The predicted octanol–water partition coefficient (Wildman–Crippen LogP) is 2.35. The molecule has 1 aliphatic heterocycles. The lowest BCUT2D eigenvalue weighted by Crippen LogP contribution is -2.29. The quantitative estimate of drug-likeness (QED) is 0.806. The molecule has 2 N–H and O–H groups in total. The van der Waals surface area contributed by atoms with Crippen molar-refractivity contribution < 1.29 is 0 Å². The van der Waals surface area contributed by atoms with Crippen molar-refractivity contribution in [1.82, 2.24) is 9.88 Å². The summed E-state index contributed by atoms with van der Waals surface area (Å²) in [6.07, 6.45) is 5.66. The first-order valence-corrected chi connectivity index (χ1v) is 6.15. The van der Waals surface area contributed by atoms with Gasteiger partial charge < -0.3 is 5.73 Å². The molecule has 2 rings (SSSR count). The van der Waals surface area contributed by atoms with Crippen LogP contribution in [0.2, 0.25) is 5.15 Å². The molecule has 2 heterocycles. The second-order valence-corrected chi connectivity index (χ2v) is 4.77. The second-order valence-electron chi connectivity index (χ2n) is 4.41. The van der Waals surface area contributed by atoms with Gasteiger partial charge in [-0.25, -0.2) is 4.98 Å². The average molecular weight is 240 g/mol.